The van der Waals surface area contributed by atoms with Crippen LogP contribution in [0.2, 0.25) is 0 Å². The predicted molar refractivity (Wildman–Crippen MR) is 66.9 cm³/mol. The van der Waals surface area contributed by atoms with Crippen molar-refractivity contribution < 1.29 is 4.74 Å². The number of benzene rings is 1. The largest absolute Gasteiger partial charge is 0.491 e. The molecule has 1 saturated carbocycles. The molecule has 0 radical (unpaired) electrons. The van der Waals surface area contributed by atoms with E-state index in [0.29, 0.717) is 5.54 Å². The van der Waals surface area contributed by atoms with Gasteiger partial charge in [0.15, 0.2) is 0 Å². The molecule has 88 valence electrons. The summed E-state index contributed by atoms with van der Waals surface area (Å²) < 4.78 is 5.84. The fourth-order valence-electron chi connectivity index (χ4n) is 2.05. The number of ether oxygens (including phenoxy) is 1. The third-order valence-electron chi connectivity index (χ3n) is 3.25. The van der Waals surface area contributed by atoms with Crippen molar-refractivity contribution in [2.24, 2.45) is 0 Å². The maximum absolute atomic E-state index is 5.84. The van der Waals surface area contributed by atoms with Crippen LogP contribution in [0, 0.1) is 0 Å². The van der Waals surface area contributed by atoms with Crippen molar-refractivity contribution in [3.63, 3.8) is 0 Å². The second-order valence-corrected chi connectivity index (χ2v) is 4.98. The molecule has 0 aliphatic heterocycles. The van der Waals surface area contributed by atoms with E-state index in [1.807, 2.05) is 6.07 Å². The molecular formula is C14H21NO. The number of hydrogen-bond acceptors (Lipinski definition) is 2. The van der Waals surface area contributed by atoms with Gasteiger partial charge in [0, 0.05) is 5.54 Å². The van der Waals surface area contributed by atoms with Crippen LogP contribution in [-0.2, 0) is 6.42 Å². The minimum atomic E-state index is 0.242. The van der Waals surface area contributed by atoms with Gasteiger partial charge in [0.2, 0.25) is 0 Å². The molecule has 2 heteroatoms. The molecule has 1 aliphatic carbocycles. The molecule has 1 aromatic carbocycles. The molecule has 0 spiro atoms. The topological polar surface area (TPSA) is 21.3 Å². The van der Waals surface area contributed by atoms with Gasteiger partial charge in [0.05, 0.1) is 6.10 Å². The van der Waals surface area contributed by atoms with E-state index in [1.54, 1.807) is 0 Å². The van der Waals surface area contributed by atoms with Crippen LogP contribution in [0.4, 0.5) is 0 Å². The molecule has 0 atom stereocenters. The predicted octanol–water partition coefficient (Wildman–Crippen LogP) is 2.77. The lowest BCUT2D eigenvalue weighted by Crippen LogP contribution is -2.29. The number of rotatable bonds is 5. The highest BCUT2D eigenvalue weighted by molar-refractivity contribution is 5.36. The molecule has 0 unspecified atom stereocenters. The van der Waals surface area contributed by atoms with Crippen LogP contribution in [0.3, 0.4) is 0 Å². The van der Waals surface area contributed by atoms with Crippen molar-refractivity contribution in [1.29, 1.82) is 0 Å². The number of hydrogen-bond donors (Lipinski definition) is 1. The zero-order valence-electron chi connectivity index (χ0n) is 10.4. The lowest BCUT2D eigenvalue weighted by molar-refractivity contribution is 0.239. The quantitative estimate of drug-likeness (QED) is 0.822. The summed E-state index contributed by atoms with van der Waals surface area (Å²) in [5.41, 5.74) is 1.67. The molecule has 0 aromatic heterocycles. The Bertz CT molecular complexity index is 356. The van der Waals surface area contributed by atoms with Crippen molar-refractivity contribution >= 4 is 0 Å². The Morgan fingerprint density at radius 1 is 1.31 bits per heavy atom. The zero-order valence-corrected chi connectivity index (χ0v) is 10.4. The second-order valence-electron chi connectivity index (χ2n) is 4.98. The summed E-state index contributed by atoms with van der Waals surface area (Å²) in [5, 5.41) is 3.43. The van der Waals surface area contributed by atoms with E-state index >= 15 is 0 Å². The minimum absolute atomic E-state index is 0.242. The van der Waals surface area contributed by atoms with Gasteiger partial charge in [-0.15, -0.1) is 0 Å². The Hall–Kier alpha value is -1.02. The van der Waals surface area contributed by atoms with E-state index in [2.05, 4.69) is 44.4 Å². The fraction of sp³-hybridized carbons (Fsp3) is 0.571. The van der Waals surface area contributed by atoms with Crippen LogP contribution >= 0.6 is 0 Å². The maximum Gasteiger partial charge on any atom is 0.122 e. The Balaban J connectivity index is 2.13. The van der Waals surface area contributed by atoms with Crippen LogP contribution in [0.5, 0.6) is 5.75 Å². The van der Waals surface area contributed by atoms with Gasteiger partial charge in [-0.25, -0.2) is 0 Å². The standard InChI is InChI=1S/C14H21NO/c1-11(2)16-13-7-5-4-6-12(13)10-14(15-3)8-9-14/h4-7,11,15H,8-10H2,1-3H3. The van der Waals surface area contributed by atoms with Crippen LogP contribution < -0.4 is 10.1 Å². The first kappa shape index (κ1) is 11.5. The number of para-hydroxylation sites is 1. The molecule has 0 heterocycles. The minimum Gasteiger partial charge on any atom is -0.491 e. The Kier molecular flexibility index (Phi) is 3.20. The van der Waals surface area contributed by atoms with Crippen molar-refractivity contribution in [1.82, 2.24) is 5.32 Å². The molecular weight excluding hydrogens is 198 g/mol. The van der Waals surface area contributed by atoms with Crippen molar-refractivity contribution in [3.05, 3.63) is 29.8 Å². The van der Waals surface area contributed by atoms with Crippen LogP contribution in [0.15, 0.2) is 24.3 Å². The monoisotopic (exact) mass is 219 g/mol. The van der Waals surface area contributed by atoms with Gasteiger partial charge < -0.3 is 10.1 Å². The Morgan fingerprint density at radius 2 is 2.00 bits per heavy atom. The van der Waals surface area contributed by atoms with Gasteiger partial charge >= 0.3 is 0 Å². The Labute approximate surface area is 98.0 Å². The van der Waals surface area contributed by atoms with Gasteiger partial charge in [-0.05, 0) is 51.8 Å². The fourth-order valence-corrected chi connectivity index (χ4v) is 2.05. The lowest BCUT2D eigenvalue weighted by Gasteiger charge is -2.18. The van der Waals surface area contributed by atoms with E-state index in [9.17, 15) is 0 Å². The van der Waals surface area contributed by atoms with Crippen molar-refractivity contribution in [3.8, 4) is 5.75 Å². The Morgan fingerprint density at radius 3 is 2.56 bits per heavy atom. The van der Waals surface area contributed by atoms with Crippen molar-refractivity contribution in [2.75, 3.05) is 7.05 Å². The summed E-state index contributed by atoms with van der Waals surface area (Å²) >= 11 is 0. The van der Waals surface area contributed by atoms with Gasteiger partial charge in [-0.1, -0.05) is 18.2 Å². The first-order valence-corrected chi connectivity index (χ1v) is 6.09. The molecule has 2 nitrogen and oxygen atoms in total. The van der Waals surface area contributed by atoms with E-state index in [0.717, 1.165) is 12.2 Å². The van der Waals surface area contributed by atoms with Gasteiger partial charge in [-0.2, -0.15) is 0 Å². The van der Waals surface area contributed by atoms with Crippen molar-refractivity contribution in [2.45, 2.75) is 44.8 Å². The molecule has 0 bridgehead atoms. The molecule has 1 aromatic rings. The van der Waals surface area contributed by atoms with E-state index < -0.39 is 0 Å². The smallest absolute Gasteiger partial charge is 0.122 e. The third kappa shape index (κ3) is 2.56. The van der Waals surface area contributed by atoms with Gasteiger partial charge in [0.1, 0.15) is 5.75 Å². The molecule has 2 rings (SSSR count). The first-order valence-electron chi connectivity index (χ1n) is 6.09. The van der Waals surface area contributed by atoms with Crippen LogP contribution in [0.1, 0.15) is 32.3 Å². The maximum atomic E-state index is 5.84. The summed E-state index contributed by atoms with van der Waals surface area (Å²) in [6, 6.07) is 8.38. The third-order valence-corrected chi connectivity index (χ3v) is 3.25. The normalized spacial score (nSPS) is 17.5. The second kappa shape index (κ2) is 4.46. The SMILES string of the molecule is CNC1(Cc2ccccc2OC(C)C)CC1. The lowest BCUT2D eigenvalue weighted by atomic mass is 10.0. The van der Waals surface area contributed by atoms with Crippen LogP contribution in [0.25, 0.3) is 0 Å². The van der Waals surface area contributed by atoms with Gasteiger partial charge in [-0.3, -0.25) is 0 Å². The molecule has 0 saturated heterocycles. The number of nitrogens with one attached hydrogen (secondary N) is 1. The van der Waals surface area contributed by atoms with E-state index in [4.69, 9.17) is 4.74 Å². The molecule has 16 heavy (non-hydrogen) atoms. The van der Waals surface area contributed by atoms with Crippen LogP contribution in [-0.4, -0.2) is 18.7 Å². The van der Waals surface area contributed by atoms with Gasteiger partial charge in [0.25, 0.3) is 0 Å². The summed E-state index contributed by atoms with van der Waals surface area (Å²) in [7, 11) is 2.05. The van der Waals surface area contributed by atoms with E-state index in [-0.39, 0.29) is 6.10 Å². The molecule has 1 N–H and O–H groups in total. The summed E-state index contributed by atoms with van der Waals surface area (Å²) in [5.74, 6) is 1.04. The highest BCUT2D eigenvalue weighted by atomic mass is 16.5. The average Bonchev–Trinajstić information content (AvgIpc) is 3.01. The summed E-state index contributed by atoms with van der Waals surface area (Å²) in [4.78, 5) is 0. The molecule has 0 amide bonds. The number of likely N-dealkylation sites (N-methyl/N-ethyl adjacent to an activating group) is 1. The highest BCUT2D eigenvalue weighted by Crippen LogP contribution is 2.39. The summed E-state index contributed by atoms with van der Waals surface area (Å²) in [6.45, 7) is 4.14. The first-order chi connectivity index (χ1) is 7.65. The van der Waals surface area contributed by atoms with E-state index in [1.165, 1.54) is 18.4 Å². The highest BCUT2D eigenvalue weighted by Gasteiger charge is 2.41. The summed E-state index contributed by atoms with van der Waals surface area (Å²) in [6.07, 6.45) is 3.87. The average molecular weight is 219 g/mol. The zero-order chi connectivity index (χ0) is 11.6. The molecule has 1 aliphatic rings. The molecule has 1 fully saturated rings.